The highest BCUT2D eigenvalue weighted by atomic mass is 19.1. The molecule has 3 heteroatoms. The van der Waals surface area contributed by atoms with Gasteiger partial charge in [-0.2, -0.15) is 0 Å². The maximum Gasteiger partial charge on any atom is 0.127 e. The second-order valence-corrected chi connectivity index (χ2v) is 7.84. The van der Waals surface area contributed by atoms with Crippen LogP contribution in [0.25, 0.3) is 0 Å². The van der Waals surface area contributed by atoms with Crippen LogP contribution in [-0.2, 0) is 6.42 Å². The molecular weight excluding hydrogens is 363 g/mol. The van der Waals surface area contributed by atoms with E-state index in [2.05, 4.69) is 12.1 Å². The average Bonchev–Trinajstić information content (AvgIpc) is 2.71. The lowest BCUT2D eigenvalue weighted by molar-refractivity contribution is 0.163. The topological polar surface area (TPSA) is 18.5 Å². The van der Waals surface area contributed by atoms with E-state index >= 15 is 0 Å². The molecule has 0 aliphatic rings. The number of rotatable bonds is 9. The van der Waals surface area contributed by atoms with E-state index < -0.39 is 5.67 Å². The molecule has 2 nitrogen and oxygen atoms in total. The van der Waals surface area contributed by atoms with Crippen LogP contribution in [-0.4, -0.2) is 12.8 Å². The minimum absolute atomic E-state index is 0.155. The van der Waals surface area contributed by atoms with Crippen LogP contribution >= 0.6 is 0 Å². The summed E-state index contributed by atoms with van der Waals surface area (Å²) in [5.41, 5.74) is 0.926. The maximum atomic E-state index is 14.9. The molecule has 0 saturated heterocycles. The Labute approximate surface area is 173 Å². The van der Waals surface area contributed by atoms with Crippen molar-refractivity contribution in [1.82, 2.24) is 0 Å². The Morgan fingerprint density at radius 2 is 1.52 bits per heavy atom. The van der Waals surface area contributed by atoms with E-state index in [0.717, 1.165) is 42.1 Å². The van der Waals surface area contributed by atoms with Crippen LogP contribution < -0.4 is 9.47 Å². The van der Waals surface area contributed by atoms with E-state index in [-0.39, 0.29) is 5.92 Å². The minimum Gasteiger partial charge on any atom is -0.497 e. The third kappa shape index (κ3) is 6.08. The molecule has 0 spiro atoms. The Morgan fingerprint density at radius 1 is 0.828 bits per heavy atom. The van der Waals surface area contributed by atoms with Crippen LogP contribution in [0.15, 0.2) is 78.9 Å². The third-order valence-electron chi connectivity index (χ3n) is 5.18. The van der Waals surface area contributed by atoms with E-state index in [1.807, 2.05) is 66.7 Å². The molecule has 0 aliphatic carbocycles. The van der Waals surface area contributed by atoms with Crippen molar-refractivity contribution in [1.29, 1.82) is 0 Å². The third-order valence-corrected chi connectivity index (χ3v) is 5.18. The summed E-state index contributed by atoms with van der Waals surface area (Å²) in [7, 11) is 1.64. The Kier molecular flexibility index (Phi) is 6.92. The molecule has 0 bridgehead atoms. The second kappa shape index (κ2) is 9.60. The molecule has 0 fully saturated rings. The molecule has 0 heterocycles. The van der Waals surface area contributed by atoms with Crippen molar-refractivity contribution in [3.8, 4) is 17.2 Å². The fourth-order valence-corrected chi connectivity index (χ4v) is 3.64. The molecule has 0 aromatic heterocycles. The van der Waals surface area contributed by atoms with Crippen molar-refractivity contribution in [2.45, 2.75) is 44.7 Å². The van der Waals surface area contributed by atoms with Crippen LogP contribution in [0.4, 0.5) is 4.39 Å². The van der Waals surface area contributed by atoms with E-state index in [1.54, 1.807) is 21.0 Å². The van der Waals surface area contributed by atoms with Gasteiger partial charge in [0.05, 0.1) is 7.11 Å². The van der Waals surface area contributed by atoms with Crippen LogP contribution in [0.2, 0.25) is 0 Å². The van der Waals surface area contributed by atoms with Crippen molar-refractivity contribution in [3.63, 3.8) is 0 Å². The highest BCUT2D eigenvalue weighted by Crippen LogP contribution is 2.36. The summed E-state index contributed by atoms with van der Waals surface area (Å²) in [4.78, 5) is 0. The predicted octanol–water partition coefficient (Wildman–Crippen LogP) is 7.34. The number of alkyl halides is 1. The van der Waals surface area contributed by atoms with Gasteiger partial charge in [0.2, 0.25) is 0 Å². The Hall–Kier alpha value is -2.81. The number of hydrogen-bond acceptors (Lipinski definition) is 2. The van der Waals surface area contributed by atoms with Gasteiger partial charge in [-0.15, -0.1) is 0 Å². The number of para-hydroxylation sites is 1. The molecule has 1 unspecified atom stereocenters. The lowest BCUT2D eigenvalue weighted by Gasteiger charge is -2.28. The highest BCUT2D eigenvalue weighted by Gasteiger charge is 2.30. The average molecular weight is 393 g/mol. The fraction of sp³-hybridized carbons (Fsp3) is 0.308. The Balaban J connectivity index is 1.62. The highest BCUT2D eigenvalue weighted by molar-refractivity contribution is 5.34. The summed E-state index contributed by atoms with van der Waals surface area (Å²) in [6, 6.07) is 25.6. The summed E-state index contributed by atoms with van der Waals surface area (Å²) in [5.74, 6) is 2.28. The first-order valence-corrected chi connectivity index (χ1v) is 10.1. The lowest BCUT2D eigenvalue weighted by Crippen LogP contribution is -2.24. The molecular formula is C26H29FO2. The zero-order valence-corrected chi connectivity index (χ0v) is 17.4. The first-order valence-electron chi connectivity index (χ1n) is 10.1. The van der Waals surface area contributed by atoms with E-state index in [0.29, 0.717) is 0 Å². The number of methoxy groups -OCH3 is 1. The van der Waals surface area contributed by atoms with Gasteiger partial charge >= 0.3 is 0 Å². The Morgan fingerprint density at radius 3 is 2.17 bits per heavy atom. The molecule has 0 saturated carbocycles. The maximum absolute atomic E-state index is 14.9. The van der Waals surface area contributed by atoms with Gasteiger partial charge in [-0.05, 0) is 80.6 Å². The monoisotopic (exact) mass is 392 g/mol. The normalized spacial score (nSPS) is 12.4. The van der Waals surface area contributed by atoms with Gasteiger partial charge in [0.25, 0.3) is 0 Å². The summed E-state index contributed by atoms with van der Waals surface area (Å²) >= 11 is 0. The van der Waals surface area contributed by atoms with Gasteiger partial charge < -0.3 is 9.47 Å². The quantitative estimate of drug-likeness (QED) is 0.379. The molecule has 0 radical (unpaired) electrons. The van der Waals surface area contributed by atoms with Crippen LogP contribution in [0.5, 0.6) is 17.2 Å². The molecule has 0 amide bonds. The molecule has 1 atom stereocenters. The van der Waals surface area contributed by atoms with E-state index in [9.17, 15) is 4.39 Å². The van der Waals surface area contributed by atoms with Gasteiger partial charge in [0, 0.05) is 5.92 Å². The van der Waals surface area contributed by atoms with Gasteiger partial charge in [-0.25, -0.2) is 4.39 Å². The molecule has 29 heavy (non-hydrogen) atoms. The molecule has 0 N–H and O–H groups in total. The summed E-state index contributed by atoms with van der Waals surface area (Å²) in [6.07, 6.45) is 2.56. The first-order chi connectivity index (χ1) is 14.0. The number of ether oxygens (including phenoxy) is 2. The second-order valence-electron chi connectivity index (χ2n) is 7.84. The zero-order chi connectivity index (χ0) is 20.7. The SMILES string of the molecule is COc1ccc(C(CCCc2cccc(Oc3ccccc3)c2)C(C)(C)F)cc1. The van der Waals surface area contributed by atoms with E-state index in [4.69, 9.17) is 9.47 Å². The van der Waals surface area contributed by atoms with Crippen LogP contribution in [0.3, 0.4) is 0 Å². The van der Waals surface area contributed by atoms with Gasteiger partial charge in [-0.3, -0.25) is 0 Å². The standard InChI is InChI=1S/C26H29FO2/c1-26(2,27)25(21-15-17-22(28-3)18-16-21)14-8-10-20-9-7-13-24(19-20)29-23-11-5-4-6-12-23/h4-7,9,11-13,15-19,25H,8,10,14H2,1-3H3. The summed E-state index contributed by atoms with van der Waals surface area (Å²) in [5, 5.41) is 0. The molecule has 3 aromatic rings. The number of aryl methyl sites for hydroxylation is 1. The Bertz CT molecular complexity index is 883. The summed E-state index contributed by atoms with van der Waals surface area (Å²) < 4.78 is 26.0. The van der Waals surface area contributed by atoms with Crippen LogP contribution in [0.1, 0.15) is 43.7 Å². The van der Waals surface area contributed by atoms with Crippen molar-refractivity contribution < 1.29 is 13.9 Å². The van der Waals surface area contributed by atoms with Crippen molar-refractivity contribution in [2.24, 2.45) is 0 Å². The first kappa shape index (κ1) is 20.9. The minimum atomic E-state index is -1.28. The van der Waals surface area contributed by atoms with E-state index in [1.165, 1.54) is 5.56 Å². The van der Waals surface area contributed by atoms with Crippen molar-refractivity contribution >= 4 is 0 Å². The molecule has 3 aromatic carbocycles. The van der Waals surface area contributed by atoms with Crippen molar-refractivity contribution in [3.05, 3.63) is 90.0 Å². The number of benzene rings is 3. The van der Waals surface area contributed by atoms with Gasteiger partial charge in [0.15, 0.2) is 0 Å². The number of halogens is 1. The van der Waals surface area contributed by atoms with Gasteiger partial charge in [-0.1, -0.05) is 42.5 Å². The largest absolute Gasteiger partial charge is 0.497 e. The van der Waals surface area contributed by atoms with Crippen LogP contribution in [0, 0.1) is 0 Å². The molecule has 3 rings (SSSR count). The smallest absolute Gasteiger partial charge is 0.127 e. The molecule has 0 aliphatic heterocycles. The fourth-order valence-electron chi connectivity index (χ4n) is 3.64. The summed E-state index contributed by atoms with van der Waals surface area (Å²) in [6.45, 7) is 3.33. The van der Waals surface area contributed by atoms with Gasteiger partial charge in [0.1, 0.15) is 22.9 Å². The van der Waals surface area contributed by atoms with Crippen molar-refractivity contribution in [2.75, 3.05) is 7.11 Å². The number of hydrogen-bond donors (Lipinski definition) is 0. The lowest BCUT2D eigenvalue weighted by atomic mass is 9.82. The molecule has 152 valence electrons. The predicted molar refractivity (Wildman–Crippen MR) is 117 cm³/mol. The zero-order valence-electron chi connectivity index (χ0n) is 17.4.